The molecule has 0 unspecified atom stereocenters. The minimum atomic E-state index is -0.338. The van der Waals surface area contributed by atoms with Crippen molar-refractivity contribution in [1.82, 2.24) is 9.97 Å². The largest absolute Gasteiger partial charge is 0.439 e. The smallest absolute Gasteiger partial charge is 0.223 e. The van der Waals surface area contributed by atoms with Gasteiger partial charge in [-0.25, -0.2) is 9.37 Å². The minimum absolute atomic E-state index is 0.338. The zero-order valence-electron chi connectivity index (χ0n) is 9.51. The van der Waals surface area contributed by atoms with Gasteiger partial charge in [-0.15, -0.1) is 12.6 Å². The van der Waals surface area contributed by atoms with Crippen LogP contribution in [0.1, 0.15) is 24.5 Å². The standard InChI is InChI=1S/C13H11FN2OS/c14-9-2-1-3-10(6-9)17-12-7-11(8-4-5-8)15-13(18)16-12/h1-3,6-8H,4-5H2,(H,15,16,18). The first-order chi connectivity index (χ1) is 8.70. The fraction of sp³-hybridized carbons (Fsp3) is 0.231. The van der Waals surface area contributed by atoms with Crippen LogP contribution >= 0.6 is 12.6 Å². The normalized spacial score (nSPS) is 14.6. The SMILES string of the molecule is Fc1cccc(Oc2cc(C3CC3)nc(S)n2)c1. The van der Waals surface area contributed by atoms with Gasteiger partial charge in [0.1, 0.15) is 11.6 Å². The molecule has 0 amide bonds. The Balaban J connectivity index is 1.87. The molecule has 3 rings (SSSR count). The van der Waals surface area contributed by atoms with E-state index in [0.29, 0.717) is 22.7 Å². The number of hydrogen-bond donors (Lipinski definition) is 1. The molecule has 0 aliphatic heterocycles. The summed E-state index contributed by atoms with van der Waals surface area (Å²) in [5.41, 5.74) is 0.946. The van der Waals surface area contributed by atoms with Crippen LogP contribution < -0.4 is 4.74 Å². The number of rotatable bonds is 3. The van der Waals surface area contributed by atoms with Crippen LogP contribution in [0.25, 0.3) is 0 Å². The van der Waals surface area contributed by atoms with E-state index < -0.39 is 0 Å². The van der Waals surface area contributed by atoms with Gasteiger partial charge >= 0.3 is 0 Å². The molecule has 0 N–H and O–H groups in total. The lowest BCUT2D eigenvalue weighted by Gasteiger charge is -2.06. The fourth-order valence-corrected chi connectivity index (χ4v) is 1.94. The van der Waals surface area contributed by atoms with Crippen molar-refractivity contribution >= 4 is 12.6 Å². The molecule has 0 bridgehead atoms. The van der Waals surface area contributed by atoms with Crippen molar-refractivity contribution in [2.24, 2.45) is 0 Å². The molecule has 1 aromatic heterocycles. The van der Waals surface area contributed by atoms with Crippen molar-refractivity contribution < 1.29 is 9.13 Å². The van der Waals surface area contributed by atoms with Crippen LogP contribution in [0.15, 0.2) is 35.5 Å². The predicted octanol–water partition coefficient (Wildman–Crippen LogP) is 3.57. The van der Waals surface area contributed by atoms with Gasteiger partial charge in [-0.1, -0.05) is 6.07 Å². The number of halogens is 1. The third-order valence-corrected chi connectivity index (χ3v) is 2.92. The Hall–Kier alpha value is -1.62. The summed E-state index contributed by atoms with van der Waals surface area (Å²) >= 11 is 4.16. The van der Waals surface area contributed by atoms with E-state index in [1.807, 2.05) is 0 Å². The van der Waals surface area contributed by atoms with Crippen molar-refractivity contribution in [3.63, 3.8) is 0 Å². The van der Waals surface area contributed by atoms with E-state index in [9.17, 15) is 4.39 Å². The number of ether oxygens (including phenoxy) is 1. The third kappa shape index (κ3) is 2.61. The average molecular weight is 262 g/mol. The number of aromatic nitrogens is 2. The van der Waals surface area contributed by atoms with Crippen molar-refractivity contribution in [1.29, 1.82) is 0 Å². The third-order valence-electron chi connectivity index (χ3n) is 2.72. The second kappa shape index (κ2) is 4.57. The molecular weight excluding hydrogens is 251 g/mol. The van der Waals surface area contributed by atoms with Gasteiger partial charge in [0, 0.05) is 18.1 Å². The molecule has 1 aliphatic carbocycles. The van der Waals surface area contributed by atoms with Crippen LogP contribution in [0, 0.1) is 5.82 Å². The molecule has 2 aromatic rings. The van der Waals surface area contributed by atoms with Gasteiger partial charge in [0.25, 0.3) is 0 Å². The highest BCUT2D eigenvalue weighted by atomic mass is 32.1. The molecule has 0 atom stereocenters. The average Bonchev–Trinajstić information content (AvgIpc) is 3.11. The number of thiol groups is 1. The summed E-state index contributed by atoms with van der Waals surface area (Å²) in [5.74, 6) is 0.981. The van der Waals surface area contributed by atoms with Crippen LogP contribution in [0.3, 0.4) is 0 Å². The van der Waals surface area contributed by atoms with E-state index in [2.05, 4.69) is 22.6 Å². The van der Waals surface area contributed by atoms with Crippen molar-refractivity contribution in [2.75, 3.05) is 0 Å². The maximum absolute atomic E-state index is 13.0. The molecule has 0 spiro atoms. The Labute approximate surface area is 109 Å². The van der Waals surface area contributed by atoms with Gasteiger partial charge in [-0.05, 0) is 25.0 Å². The highest BCUT2D eigenvalue weighted by Crippen LogP contribution is 2.40. The molecule has 1 aromatic carbocycles. The monoisotopic (exact) mass is 262 g/mol. The number of benzene rings is 1. The lowest BCUT2D eigenvalue weighted by Crippen LogP contribution is -1.95. The van der Waals surface area contributed by atoms with Gasteiger partial charge in [-0.3, -0.25) is 0 Å². The Morgan fingerprint density at radius 1 is 1.22 bits per heavy atom. The highest BCUT2D eigenvalue weighted by molar-refractivity contribution is 7.80. The van der Waals surface area contributed by atoms with Crippen LogP contribution in [-0.2, 0) is 0 Å². The zero-order valence-corrected chi connectivity index (χ0v) is 10.4. The van der Waals surface area contributed by atoms with E-state index in [0.717, 1.165) is 18.5 Å². The van der Waals surface area contributed by atoms with Crippen LogP contribution in [-0.4, -0.2) is 9.97 Å². The quantitative estimate of drug-likeness (QED) is 0.678. The van der Waals surface area contributed by atoms with Crippen LogP contribution in [0.5, 0.6) is 11.6 Å². The van der Waals surface area contributed by atoms with Crippen molar-refractivity contribution in [3.05, 3.63) is 41.8 Å². The van der Waals surface area contributed by atoms with Gasteiger partial charge in [0.05, 0.1) is 5.69 Å². The first-order valence-electron chi connectivity index (χ1n) is 5.72. The Kier molecular flexibility index (Phi) is 2.91. The summed E-state index contributed by atoms with van der Waals surface area (Å²) in [6.07, 6.45) is 2.28. The summed E-state index contributed by atoms with van der Waals surface area (Å²) in [4.78, 5) is 8.33. The van der Waals surface area contributed by atoms with E-state index in [-0.39, 0.29) is 5.82 Å². The Bertz CT molecular complexity index is 587. The van der Waals surface area contributed by atoms with Crippen LogP contribution in [0.4, 0.5) is 4.39 Å². The van der Waals surface area contributed by atoms with E-state index in [1.165, 1.54) is 12.1 Å². The second-order valence-electron chi connectivity index (χ2n) is 4.26. The number of hydrogen-bond acceptors (Lipinski definition) is 4. The first-order valence-corrected chi connectivity index (χ1v) is 6.17. The molecule has 1 saturated carbocycles. The molecule has 1 fully saturated rings. The summed E-state index contributed by atoms with van der Waals surface area (Å²) in [6, 6.07) is 7.75. The maximum Gasteiger partial charge on any atom is 0.223 e. The van der Waals surface area contributed by atoms with Gasteiger partial charge in [-0.2, -0.15) is 4.98 Å². The van der Waals surface area contributed by atoms with Crippen molar-refractivity contribution in [2.45, 2.75) is 23.9 Å². The molecule has 1 heterocycles. The van der Waals surface area contributed by atoms with Crippen molar-refractivity contribution in [3.8, 4) is 11.6 Å². The summed E-state index contributed by atoms with van der Waals surface area (Å²) in [7, 11) is 0. The molecule has 1 aliphatic rings. The summed E-state index contributed by atoms with van der Waals surface area (Å²) < 4.78 is 18.6. The van der Waals surface area contributed by atoms with Gasteiger partial charge < -0.3 is 4.74 Å². The van der Waals surface area contributed by atoms with Gasteiger partial charge in [0.2, 0.25) is 5.88 Å². The molecule has 0 saturated heterocycles. The first kappa shape index (κ1) is 11.5. The summed E-state index contributed by atoms with van der Waals surface area (Å²) in [5, 5.41) is 0.380. The van der Waals surface area contributed by atoms with E-state index >= 15 is 0 Å². The molecular formula is C13H11FN2OS. The summed E-state index contributed by atoms with van der Waals surface area (Å²) in [6.45, 7) is 0. The molecule has 3 nitrogen and oxygen atoms in total. The molecule has 0 radical (unpaired) electrons. The molecule has 92 valence electrons. The van der Waals surface area contributed by atoms with E-state index in [1.54, 1.807) is 18.2 Å². The zero-order chi connectivity index (χ0) is 12.5. The van der Waals surface area contributed by atoms with Crippen LogP contribution in [0.2, 0.25) is 0 Å². The number of nitrogens with zero attached hydrogens (tertiary/aromatic N) is 2. The molecule has 5 heteroatoms. The minimum Gasteiger partial charge on any atom is -0.439 e. The highest BCUT2D eigenvalue weighted by Gasteiger charge is 2.26. The lowest BCUT2D eigenvalue weighted by molar-refractivity contribution is 0.449. The predicted molar refractivity (Wildman–Crippen MR) is 67.7 cm³/mol. The maximum atomic E-state index is 13.0. The van der Waals surface area contributed by atoms with Gasteiger partial charge in [0.15, 0.2) is 5.16 Å². The Morgan fingerprint density at radius 2 is 2.06 bits per heavy atom. The van der Waals surface area contributed by atoms with E-state index in [4.69, 9.17) is 4.74 Å². The Morgan fingerprint density at radius 3 is 2.78 bits per heavy atom. The fourth-order valence-electron chi connectivity index (χ4n) is 1.72. The second-order valence-corrected chi connectivity index (χ2v) is 4.66. The lowest BCUT2D eigenvalue weighted by atomic mass is 10.3. The molecule has 18 heavy (non-hydrogen) atoms. The topological polar surface area (TPSA) is 35.0 Å².